The molecule has 0 spiro atoms. The first kappa shape index (κ1) is 18.7. The van der Waals surface area contributed by atoms with Gasteiger partial charge in [0.1, 0.15) is 5.78 Å². The van der Waals surface area contributed by atoms with Crippen molar-refractivity contribution < 1.29 is 4.79 Å². The molecule has 0 heterocycles. The lowest BCUT2D eigenvalue weighted by atomic mass is 9.80. The Bertz CT molecular complexity index is 287. The highest BCUT2D eigenvalue weighted by molar-refractivity contribution is 5.75. The van der Waals surface area contributed by atoms with E-state index in [1.165, 1.54) is 64.3 Å². The van der Waals surface area contributed by atoms with Crippen LogP contribution in [0.4, 0.5) is 0 Å². The molecule has 1 rings (SSSR count). The van der Waals surface area contributed by atoms with Crippen molar-refractivity contribution in [3.8, 4) is 0 Å². The molecule has 124 valence electrons. The maximum atomic E-state index is 11.5. The molecule has 2 nitrogen and oxygen atoms in total. The first-order valence-corrected chi connectivity index (χ1v) is 9.18. The molecule has 0 N–H and O–H groups in total. The Morgan fingerprint density at radius 2 is 1.67 bits per heavy atom. The van der Waals surface area contributed by atoms with Gasteiger partial charge in [0.25, 0.3) is 0 Å². The zero-order chi connectivity index (χ0) is 15.7. The van der Waals surface area contributed by atoms with Gasteiger partial charge < -0.3 is 9.69 Å². The summed E-state index contributed by atoms with van der Waals surface area (Å²) in [7, 11) is 4.32. The van der Waals surface area contributed by atoms with E-state index >= 15 is 0 Å². The fraction of sp³-hybridized carbons (Fsp3) is 0.947. The molecule has 0 bridgehead atoms. The number of hydrogen-bond donors (Lipinski definition) is 0. The van der Waals surface area contributed by atoms with Crippen LogP contribution in [0, 0.1) is 17.8 Å². The highest BCUT2D eigenvalue weighted by atomic mass is 16.1. The van der Waals surface area contributed by atoms with Gasteiger partial charge in [-0.15, -0.1) is 0 Å². The number of Topliss-reactive ketones (excluding diaryl/α,β-unsaturated/α-hetero) is 1. The van der Waals surface area contributed by atoms with Gasteiger partial charge in [-0.25, -0.2) is 0 Å². The van der Waals surface area contributed by atoms with Gasteiger partial charge in [-0.3, -0.25) is 0 Å². The summed E-state index contributed by atoms with van der Waals surface area (Å²) >= 11 is 0. The van der Waals surface area contributed by atoms with E-state index in [0.29, 0.717) is 11.7 Å². The third-order valence-electron chi connectivity index (χ3n) is 5.24. The Morgan fingerprint density at radius 1 is 1.00 bits per heavy atom. The molecule has 0 amide bonds. The smallest absolute Gasteiger partial charge is 0.130 e. The van der Waals surface area contributed by atoms with Crippen LogP contribution in [-0.4, -0.2) is 31.3 Å². The van der Waals surface area contributed by atoms with E-state index in [-0.39, 0.29) is 0 Å². The Balaban J connectivity index is 2.41. The highest BCUT2D eigenvalue weighted by Gasteiger charge is 2.35. The Morgan fingerprint density at radius 3 is 2.29 bits per heavy atom. The van der Waals surface area contributed by atoms with Crippen molar-refractivity contribution >= 4 is 5.78 Å². The predicted octanol–water partition coefficient (Wildman–Crippen LogP) is 4.92. The van der Waals surface area contributed by atoms with Crippen LogP contribution in [-0.2, 0) is 4.79 Å². The van der Waals surface area contributed by atoms with Gasteiger partial charge in [0.05, 0.1) is 0 Å². The molecule has 1 aliphatic carbocycles. The number of hydrogen-bond acceptors (Lipinski definition) is 2. The number of nitrogens with zero attached hydrogens (tertiary/aromatic N) is 1. The molecule has 0 aromatic heterocycles. The van der Waals surface area contributed by atoms with Crippen LogP contribution in [0.3, 0.4) is 0 Å². The fourth-order valence-corrected chi connectivity index (χ4v) is 4.16. The van der Waals surface area contributed by atoms with E-state index in [1.807, 2.05) is 0 Å². The molecule has 0 saturated heterocycles. The van der Waals surface area contributed by atoms with Crippen molar-refractivity contribution in [1.29, 1.82) is 0 Å². The molecular weight excluding hydrogens is 258 g/mol. The molecule has 21 heavy (non-hydrogen) atoms. The van der Waals surface area contributed by atoms with Crippen LogP contribution < -0.4 is 0 Å². The fourth-order valence-electron chi connectivity index (χ4n) is 4.16. The van der Waals surface area contributed by atoms with E-state index in [9.17, 15) is 4.79 Å². The van der Waals surface area contributed by atoms with E-state index in [4.69, 9.17) is 0 Å². The summed E-state index contributed by atoms with van der Waals surface area (Å²) in [5.41, 5.74) is 0. The van der Waals surface area contributed by atoms with E-state index in [2.05, 4.69) is 25.9 Å². The van der Waals surface area contributed by atoms with Crippen LogP contribution in [0.5, 0.6) is 0 Å². The number of ketones is 1. The lowest BCUT2D eigenvalue weighted by Crippen LogP contribution is -2.18. The molecule has 0 aromatic carbocycles. The minimum Gasteiger partial charge on any atom is -0.309 e. The van der Waals surface area contributed by atoms with E-state index in [0.717, 1.165) is 18.3 Å². The average Bonchev–Trinajstić information content (AvgIpc) is 2.77. The summed E-state index contributed by atoms with van der Waals surface area (Å²) in [4.78, 5) is 13.8. The molecule has 0 radical (unpaired) electrons. The van der Waals surface area contributed by atoms with Crippen molar-refractivity contribution in [2.75, 3.05) is 20.6 Å². The standard InChI is InChI=1S/C19H37NO/c1-5-6-7-11-19-17(10-8-9-14-20(3)4)12-13-18(19)15-16(2)21/h17-19H,5-15H2,1-4H3/t17-,18+,19+/m0/s1. The number of carbonyl (C=O) groups is 1. The van der Waals surface area contributed by atoms with E-state index < -0.39 is 0 Å². The Kier molecular flexibility index (Phi) is 9.23. The third-order valence-corrected chi connectivity index (χ3v) is 5.24. The highest BCUT2D eigenvalue weighted by Crippen LogP contribution is 2.44. The summed E-state index contributed by atoms with van der Waals surface area (Å²) in [6.07, 6.45) is 13.0. The second kappa shape index (κ2) is 10.4. The molecule has 0 aromatic rings. The lowest BCUT2D eigenvalue weighted by molar-refractivity contribution is -0.118. The first-order valence-electron chi connectivity index (χ1n) is 9.18. The first-order chi connectivity index (χ1) is 10.0. The summed E-state index contributed by atoms with van der Waals surface area (Å²) in [5, 5.41) is 0. The van der Waals surface area contributed by atoms with Crippen LogP contribution in [0.1, 0.15) is 78.1 Å². The maximum Gasteiger partial charge on any atom is 0.130 e. The van der Waals surface area contributed by atoms with Crippen LogP contribution in [0.25, 0.3) is 0 Å². The molecule has 2 heteroatoms. The largest absolute Gasteiger partial charge is 0.309 e. The molecule has 3 atom stereocenters. The molecule has 1 fully saturated rings. The monoisotopic (exact) mass is 295 g/mol. The van der Waals surface area contributed by atoms with Gasteiger partial charge in [-0.1, -0.05) is 39.0 Å². The Labute approximate surface area is 132 Å². The van der Waals surface area contributed by atoms with Gasteiger partial charge in [-0.2, -0.15) is 0 Å². The second-order valence-corrected chi connectivity index (χ2v) is 7.46. The van der Waals surface area contributed by atoms with Gasteiger partial charge in [0.15, 0.2) is 0 Å². The van der Waals surface area contributed by atoms with Crippen molar-refractivity contribution in [2.45, 2.75) is 78.1 Å². The summed E-state index contributed by atoms with van der Waals surface area (Å²) in [6.45, 7) is 5.26. The van der Waals surface area contributed by atoms with Crippen molar-refractivity contribution in [1.82, 2.24) is 4.90 Å². The minimum absolute atomic E-state index is 0.397. The lowest BCUT2D eigenvalue weighted by Gasteiger charge is -2.25. The number of carbonyl (C=O) groups excluding carboxylic acids is 1. The Hall–Kier alpha value is -0.370. The quantitative estimate of drug-likeness (QED) is 0.504. The summed E-state index contributed by atoms with van der Waals surface area (Å²) < 4.78 is 0. The van der Waals surface area contributed by atoms with Crippen LogP contribution >= 0.6 is 0 Å². The average molecular weight is 296 g/mol. The van der Waals surface area contributed by atoms with Crippen molar-refractivity contribution in [3.05, 3.63) is 0 Å². The van der Waals surface area contributed by atoms with Crippen LogP contribution in [0.2, 0.25) is 0 Å². The second-order valence-electron chi connectivity index (χ2n) is 7.46. The SMILES string of the molecule is CCCCC[C@@H]1[C@@H](CCCCN(C)C)CC[C@@H]1CC(C)=O. The summed E-state index contributed by atoms with van der Waals surface area (Å²) in [5.74, 6) is 2.82. The minimum atomic E-state index is 0.397. The normalized spacial score (nSPS) is 25.7. The topological polar surface area (TPSA) is 20.3 Å². The zero-order valence-electron chi connectivity index (χ0n) is 14.9. The molecule has 0 aliphatic heterocycles. The molecular formula is C19H37NO. The van der Waals surface area contributed by atoms with Crippen LogP contribution in [0.15, 0.2) is 0 Å². The number of rotatable bonds is 11. The van der Waals surface area contributed by atoms with Gasteiger partial charge in [0, 0.05) is 6.42 Å². The third kappa shape index (κ3) is 7.44. The predicted molar refractivity (Wildman–Crippen MR) is 91.5 cm³/mol. The number of unbranched alkanes of at least 4 members (excludes halogenated alkanes) is 3. The van der Waals surface area contributed by atoms with E-state index in [1.54, 1.807) is 6.92 Å². The summed E-state index contributed by atoms with van der Waals surface area (Å²) in [6, 6.07) is 0. The molecule has 0 unspecified atom stereocenters. The van der Waals surface area contributed by atoms with Crippen molar-refractivity contribution in [2.24, 2.45) is 17.8 Å². The van der Waals surface area contributed by atoms with Gasteiger partial charge in [-0.05, 0) is 71.0 Å². The molecule has 1 aliphatic rings. The van der Waals surface area contributed by atoms with Gasteiger partial charge >= 0.3 is 0 Å². The molecule has 1 saturated carbocycles. The maximum absolute atomic E-state index is 11.5. The van der Waals surface area contributed by atoms with Gasteiger partial charge in [0.2, 0.25) is 0 Å². The zero-order valence-corrected chi connectivity index (χ0v) is 14.9. The van der Waals surface area contributed by atoms with Crippen molar-refractivity contribution in [3.63, 3.8) is 0 Å².